The van der Waals surface area contributed by atoms with Crippen molar-refractivity contribution in [2.45, 2.75) is 141 Å². The fraction of sp³-hybridized carbons (Fsp3) is 0.852. The summed E-state index contributed by atoms with van der Waals surface area (Å²) in [5.41, 5.74) is 0.207. The fourth-order valence-electron chi connectivity index (χ4n) is 4.49. The van der Waals surface area contributed by atoms with Crippen LogP contribution in [0.25, 0.3) is 0 Å². The van der Waals surface area contributed by atoms with Gasteiger partial charge in [-0.2, -0.15) is 12.6 Å². The first-order chi connectivity index (χ1) is 13.5. The molecule has 0 saturated carbocycles. The van der Waals surface area contributed by atoms with Gasteiger partial charge in [0.05, 0.1) is 0 Å². The molecule has 0 N–H and O–H groups in total. The lowest BCUT2D eigenvalue weighted by Gasteiger charge is -2.34. The lowest BCUT2D eigenvalue weighted by atomic mass is 9.78. The van der Waals surface area contributed by atoms with Crippen LogP contribution in [0.15, 0.2) is 12.7 Å². The summed E-state index contributed by atoms with van der Waals surface area (Å²) < 4.78 is -0.0412. The van der Waals surface area contributed by atoms with E-state index in [1.54, 1.807) is 0 Å². The van der Waals surface area contributed by atoms with Crippen molar-refractivity contribution in [3.63, 3.8) is 0 Å². The Bertz CT molecular complexity index is 453. The molecule has 0 saturated heterocycles. The molecular formula is C27H48S. The molecule has 0 nitrogen and oxygen atoms in total. The predicted octanol–water partition coefficient (Wildman–Crippen LogP) is 9.30. The SMILES string of the molecule is C=CC1(S)CCCCCCCCCCCCCCCCCC#CCC(C)(C)C1. The van der Waals surface area contributed by atoms with E-state index >= 15 is 0 Å². The van der Waals surface area contributed by atoms with Gasteiger partial charge < -0.3 is 0 Å². The minimum Gasteiger partial charge on any atom is -0.168 e. The van der Waals surface area contributed by atoms with Crippen LogP contribution >= 0.6 is 12.6 Å². The quantitative estimate of drug-likeness (QED) is 0.251. The van der Waals surface area contributed by atoms with Crippen LogP contribution in [0.2, 0.25) is 0 Å². The van der Waals surface area contributed by atoms with E-state index in [1.807, 2.05) is 0 Å². The third-order valence-corrected chi connectivity index (χ3v) is 6.83. The molecule has 0 aliphatic heterocycles. The van der Waals surface area contributed by atoms with E-state index in [1.165, 1.54) is 96.3 Å². The van der Waals surface area contributed by atoms with E-state index in [4.69, 9.17) is 12.6 Å². The van der Waals surface area contributed by atoms with E-state index in [2.05, 4.69) is 38.3 Å². The Labute approximate surface area is 183 Å². The van der Waals surface area contributed by atoms with Gasteiger partial charge in [-0.05, 0) is 24.7 Å². The largest absolute Gasteiger partial charge is 0.168 e. The highest BCUT2D eigenvalue weighted by atomic mass is 32.1. The second kappa shape index (κ2) is 15.5. The summed E-state index contributed by atoms with van der Waals surface area (Å²) in [4.78, 5) is 0. The smallest absolute Gasteiger partial charge is 0.0311 e. The Balaban J connectivity index is 2.48. The Morgan fingerprint density at radius 1 is 0.679 bits per heavy atom. The minimum absolute atomic E-state index is 0.0412. The monoisotopic (exact) mass is 404 g/mol. The third-order valence-electron chi connectivity index (χ3n) is 6.27. The van der Waals surface area contributed by atoms with Crippen LogP contribution in [0.1, 0.15) is 136 Å². The summed E-state index contributed by atoms with van der Waals surface area (Å²) in [5, 5.41) is 0. The van der Waals surface area contributed by atoms with Crippen molar-refractivity contribution < 1.29 is 0 Å². The van der Waals surface area contributed by atoms with Crippen LogP contribution in [0.3, 0.4) is 0 Å². The highest BCUT2D eigenvalue weighted by molar-refractivity contribution is 7.82. The zero-order valence-corrected chi connectivity index (χ0v) is 20.1. The van der Waals surface area contributed by atoms with Gasteiger partial charge in [0.2, 0.25) is 0 Å². The van der Waals surface area contributed by atoms with E-state index < -0.39 is 0 Å². The molecule has 1 unspecified atom stereocenters. The Hall–Kier alpha value is -0.350. The molecular weight excluding hydrogens is 356 g/mol. The van der Waals surface area contributed by atoms with Crippen molar-refractivity contribution in [3.05, 3.63) is 12.7 Å². The van der Waals surface area contributed by atoms with Gasteiger partial charge in [0.15, 0.2) is 0 Å². The van der Waals surface area contributed by atoms with Crippen LogP contribution in [-0.2, 0) is 0 Å². The van der Waals surface area contributed by atoms with E-state index in [0.29, 0.717) is 0 Å². The van der Waals surface area contributed by atoms with Crippen molar-refractivity contribution in [3.8, 4) is 11.8 Å². The molecule has 0 spiro atoms. The molecule has 162 valence electrons. The average molecular weight is 405 g/mol. The van der Waals surface area contributed by atoms with Crippen LogP contribution in [0.5, 0.6) is 0 Å². The molecule has 1 rings (SSSR count). The molecule has 0 radical (unpaired) electrons. The van der Waals surface area contributed by atoms with Gasteiger partial charge in [0.25, 0.3) is 0 Å². The molecule has 0 aromatic rings. The first-order valence-corrected chi connectivity index (χ1v) is 12.7. The number of thiol groups is 1. The topological polar surface area (TPSA) is 0 Å². The van der Waals surface area contributed by atoms with Crippen LogP contribution < -0.4 is 0 Å². The van der Waals surface area contributed by atoms with Crippen LogP contribution in [0.4, 0.5) is 0 Å². The van der Waals surface area contributed by atoms with Gasteiger partial charge in [0.1, 0.15) is 0 Å². The lowest BCUT2D eigenvalue weighted by Crippen LogP contribution is -2.27. The number of rotatable bonds is 1. The molecule has 0 bridgehead atoms. The first-order valence-electron chi connectivity index (χ1n) is 12.3. The van der Waals surface area contributed by atoms with Crippen molar-refractivity contribution in [2.24, 2.45) is 5.41 Å². The maximum Gasteiger partial charge on any atom is 0.0311 e. The maximum absolute atomic E-state index is 5.04. The van der Waals surface area contributed by atoms with Gasteiger partial charge in [0, 0.05) is 17.6 Å². The second-order valence-electron chi connectivity index (χ2n) is 9.98. The second-order valence-corrected chi connectivity index (χ2v) is 10.9. The molecule has 0 aromatic heterocycles. The van der Waals surface area contributed by atoms with Crippen molar-refractivity contribution >= 4 is 12.6 Å². The first kappa shape index (κ1) is 25.7. The number of hydrogen-bond donors (Lipinski definition) is 1. The van der Waals surface area contributed by atoms with E-state index in [0.717, 1.165) is 25.7 Å². The van der Waals surface area contributed by atoms with Gasteiger partial charge in [-0.25, -0.2) is 0 Å². The summed E-state index contributed by atoms with van der Waals surface area (Å²) in [6.07, 6.45) is 27.3. The zero-order valence-electron chi connectivity index (χ0n) is 19.2. The van der Waals surface area contributed by atoms with Crippen molar-refractivity contribution in [2.75, 3.05) is 0 Å². The Morgan fingerprint density at radius 3 is 1.57 bits per heavy atom. The van der Waals surface area contributed by atoms with Gasteiger partial charge in [-0.1, -0.05) is 110 Å². The van der Waals surface area contributed by atoms with Gasteiger partial charge in [-0.3, -0.25) is 0 Å². The average Bonchev–Trinajstić information content (AvgIpc) is 2.65. The minimum atomic E-state index is -0.0412. The standard InChI is InChI=1S/C27H48S/c1-4-27(28)24-22-20-18-16-14-12-10-8-6-5-7-9-11-13-15-17-19-21-23-26(2,3)25-27/h4,28H,1,5-18,20,22-25H2,2-3H3. The Morgan fingerprint density at radius 2 is 1.11 bits per heavy atom. The summed E-state index contributed by atoms with van der Waals surface area (Å²) in [5.74, 6) is 6.89. The molecule has 28 heavy (non-hydrogen) atoms. The number of hydrogen-bond acceptors (Lipinski definition) is 1. The zero-order chi connectivity index (χ0) is 20.6. The fourth-order valence-corrected chi connectivity index (χ4v) is 5.07. The summed E-state index contributed by atoms with van der Waals surface area (Å²) in [7, 11) is 0. The lowest BCUT2D eigenvalue weighted by molar-refractivity contribution is 0.306. The molecule has 0 amide bonds. The van der Waals surface area contributed by atoms with Gasteiger partial charge in [-0.15, -0.1) is 18.4 Å². The highest BCUT2D eigenvalue weighted by Gasteiger charge is 2.30. The molecule has 1 aliphatic rings. The molecule has 0 aromatic carbocycles. The highest BCUT2D eigenvalue weighted by Crippen LogP contribution is 2.38. The Kier molecular flexibility index (Phi) is 14.2. The third kappa shape index (κ3) is 13.8. The van der Waals surface area contributed by atoms with E-state index in [-0.39, 0.29) is 10.2 Å². The predicted molar refractivity (Wildman–Crippen MR) is 131 cm³/mol. The molecule has 1 aliphatic carbocycles. The molecule has 0 heterocycles. The van der Waals surface area contributed by atoms with Crippen LogP contribution in [0, 0.1) is 17.3 Å². The van der Waals surface area contributed by atoms with Crippen molar-refractivity contribution in [1.29, 1.82) is 0 Å². The maximum atomic E-state index is 5.04. The van der Waals surface area contributed by atoms with Crippen molar-refractivity contribution in [1.82, 2.24) is 0 Å². The molecule has 1 heteroatoms. The van der Waals surface area contributed by atoms with Gasteiger partial charge >= 0.3 is 0 Å². The molecule has 0 fully saturated rings. The van der Waals surface area contributed by atoms with E-state index in [9.17, 15) is 0 Å². The van der Waals surface area contributed by atoms with Crippen LogP contribution in [-0.4, -0.2) is 4.75 Å². The summed E-state index contributed by atoms with van der Waals surface area (Å²) >= 11 is 5.04. The normalized spacial score (nSPS) is 27.8. The summed E-state index contributed by atoms with van der Waals surface area (Å²) in [6.45, 7) is 8.79. The summed E-state index contributed by atoms with van der Waals surface area (Å²) in [6, 6.07) is 0. The molecule has 1 atom stereocenters.